The molecule has 2 N–H and O–H groups in total. The summed E-state index contributed by atoms with van der Waals surface area (Å²) in [5.74, 6) is -2.16. The molecule has 0 aliphatic carbocycles. The lowest BCUT2D eigenvalue weighted by Gasteiger charge is -2.10. The number of pyridine rings is 1. The number of halogens is 2. The van der Waals surface area contributed by atoms with E-state index in [1.165, 1.54) is 12.3 Å². The molecule has 0 unspecified atom stereocenters. The summed E-state index contributed by atoms with van der Waals surface area (Å²) in [4.78, 5) is 16.5. The van der Waals surface area contributed by atoms with Gasteiger partial charge in [0.2, 0.25) is 0 Å². The van der Waals surface area contributed by atoms with Crippen LogP contribution in [0.1, 0.15) is 23.0 Å². The molecular formula is C20H17F2N3O. The molecule has 6 heteroatoms. The van der Waals surface area contributed by atoms with Gasteiger partial charge in [0.1, 0.15) is 5.69 Å². The zero-order valence-electron chi connectivity index (χ0n) is 14.1. The maximum absolute atomic E-state index is 13.2. The number of hydrogen-bond acceptors (Lipinski definition) is 3. The minimum atomic E-state index is -0.937. The Hall–Kier alpha value is -3.28. The van der Waals surface area contributed by atoms with Crippen LogP contribution in [0.25, 0.3) is 0 Å². The number of carbonyl (C=O) groups is 1. The summed E-state index contributed by atoms with van der Waals surface area (Å²) < 4.78 is 26.2. The maximum Gasteiger partial charge on any atom is 0.274 e. The van der Waals surface area contributed by atoms with Crippen molar-refractivity contribution in [3.05, 3.63) is 83.7 Å². The molecule has 0 fully saturated rings. The normalized spacial score (nSPS) is 10.4. The Kier molecular flexibility index (Phi) is 5.22. The van der Waals surface area contributed by atoms with Crippen molar-refractivity contribution in [1.82, 2.24) is 4.98 Å². The number of hydrogen-bond donors (Lipinski definition) is 2. The molecule has 0 aliphatic rings. The highest BCUT2D eigenvalue weighted by atomic mass is 19.2. The third-order valence-electron chi connectivity index (χ3n) is 3.85. The molecule has 0 saturated carbocycles. The average molecular weight is 353 g/mol. The number of nitrogens with one attached hydrogen (secondary N) is 2. The first-order valence-electron chi connectivity index (χ1n) is 8.14. The molecule has 0 spiro atoms. The summed E-state index contributed by atoms with van der Waals surface area (Å²) in [5, 5.41) is 5.75. The Labute approximate surface area is 149 Å². The molecule has 0 aliphatic heterocycles. The van der Waals surface area contributed by atoms with Crippen LogP contribution in [0, 0.1) is 11.6 Å². The van der Waals surface area contributed by atoms with Crippen LogP contribution >= 0.6 is 0 Å². The largest absolute Gasteiger partial charge is 0.354 e. The van der Waals surface area contributed by atoms with Crippen molar-refractivity contribution < 1.29 is 13.6 Å². The van der Waals surface area contributed by atoms with Gasteiger partial charge in [-0.2, -0.15) is 0 Å². The molecule has 26 heavy (non-hydrogen) atoms. The third kappa shape index (κ3) is 4.03. The van der Waals surface area contributed by atoms with Crippen LogP contribution in [0.2, 0.25) is 0 Å². The number of aromatic nitrogens is 1. The topological polar surface area (TPSA) is 54.0 Å². The zero-order chi connectivity index (χ0) is 18.5. The van der Waals surface area contributed by atoms with E-state index in [0.717, 1.165) is 29.8 Å². The van der Waals surface area contributed by atoms with Gasteiger partial charge >= 0.3 is 0 Å². The summed E-state index contributed by atoms with van der Waals surface area (Å²) in [6.07, 6.45) is 2.27. The first kappa shape index (κ1) is 17.5. The second-order valence-corrected chi connectivity index (χ2v) is 5.65. The van der Waals surface area contributed by atoms with Gasteiger partial charge in [-0.25, -0.2) is 13.8 Å². The highest BCUT2D eigenvalue weighted by Gasteiger charge is 2.10. The van der Waals surface area contributed by atoms with E-state index >= 15 is 0 Å². The van der Waals surface area contributed by atoms with E-state index in [1.54, 1.807) is 12.1 Å². The van der Waals surface area contributed by atoms with Gasteiger partial charge in [-0.05, 0) is 42.3 Å². The molecule has 3 aromatic rings. The minimum absolute atomic E-state index is 0.256. The van der Waals surface area contributed by atoms with Gasteiger partial charge in [0.25, 0.3) is 5.91 Å². The highest BCUT2D eigenvalue weighted by Crippen LogP contribution is 2.19. The number of rotatable bonds is 5. The number of aryl methyl sites for hydroxylation is 1. The Balaban J connectivity index is 1.70. The lowest BCUT2D eigenvalue weighted by Crippen LogP contribution is -2.14. The molecule has 0 atom stereocenters. The number of anilines is 3. The number of nitrogens with zero attached hydrogens (tertiary/aromatic N) is 1. The molecule has 0 saturated heterocycles. The summed E-state index contributed by atoms with van der Waals surface area (Å²) in [5.41, 5.74) is 3.00. The summed E-state index contributed by atoms with van der Waals surface area (Å²) in [6.45, 7) is 2.02. The zero-order valence-corrected chi connectivity index (χ0v) is 14.1. The molecule has 4 nitrogen and oxygen atoms in total. The van der Waals surface area contributed by atoms with Crippen LogP contribution in [0.3, 0.4) is 0 Å². The molecule has 1 heterocycles. The fourth-order valence-electron chi connectivity index (χ4n) is 2.48. The first-order valence-corrected chi connectivity index (χ1v) is 8.14. The number of para-hydroxylation sites is 1. The summed E-state index contributed by atoms with van der Waals surface area (Å²) >= 11 is 0. The Morgan fingerprint density at radius 1 is 1.00 bits per heavy atom. The quantitative estimate of drug-likeness (QED) is 0.685. The van der Waals surface area contributed by atoms with Crippen molar-refractivity contribution in [2.75, 3.05) is 10.6 Å². The van der Waals surface area contributed by atoms with Crippen molar-refractivity contribution in [2.45, 2.75) is 13.3 Å². The average Bonchev–Trinajstić information content (AvgIpc) is 2.66. The number of amides is 1. The fraction of sp³-hybridized carbons (Fsp3) is 0.100. The van der Waals surface area contributed by atoms with E-state index in [4.69, 9.17) is 0 Å². The van der Waals surface area contributed by atoms with Crippen LogP contribution in [0.15, 0.2) is 60.8 Å². The minimum Gasteiger partial charge on any atom is -0.354 e. The third-order valence-corrected chi connectivity index (χ3v) is 3.85. The second-order valence-electron chi connectivity index (χ2n) is 5.65. The first-order chi connectivity index (χ1) is 12.6. The van der Waals surface area contributed by atoms with Gasteiger partial charge in [-0.15, -0.1) is 0 Å². The van der Waals surface area contributed by atoms with Crippen molar-refractivity contribution in [3.63, 3.8) is 0 Å². The maximum atomic E-state index is 13.2. The highest BCUT2D eigenvalue weighted by molar-refractivity contribution is 6.03. The number of benzene rings is 2. The molecule has 0 bridgehead atoms. The molecule has 2 aromatic carbocycles. The van der Waals surface area contributed by atoms with E-state index in [0.29, 0.717) is 11.4 Å². The second kappa shape index (κ2) is 7.74. The molecule has 3 rings (SSSR count). The summed E-state index contributed by atoms with van der Waals surface area (Å²) in [6, 6.07) is 14.3. The predicted molar refractivity (Wildman–Crippen MR) is 97.7 cm³/mol. The Bertz CT molecular complexity index is 927. The number of carbonyl (C=O) groups excluding carboxylic acids is 1. The molecule has 1 aromatic heterocycles. The van der Waals surface area contributed by atoms with Crippen molar-refractivity contribution in [1.29, 1.82) is 0 Å². The van der Waals surface area contributed by atoms with Gasteiger partial charge in [0.15, 0.2) is 11.6 Å². The smallest absolute Gasteiger partial charge is 0.274 e. The molecule has 0 radical (unpaired) electrons. The Morgan fingerprint density at radius 3 is 2.46 bits per heavy atom. The van der Waals surface area contributed by atoms with Crippen LogP contribution in [0.5, 0.6) is 0 Å². The van der Waals surface area contributed by atoms with E-state index in [2.05, 4.69) is 15.6 Å². The SMILES string of the molecule is CCc1ccccc1NC(=O)c1ccc(Nc2ccc(F)c(F)c2)cn1. The van der Waals surface area contributed by atoms with Crippen LogP contribution in [-0.4, -0.2) is 10.9 Å². The Morgan fingerprint density at radius 2 is 1.77 bits per heavy atom. The summed E-state index contributed by atoms with van der Waals surface area (Å²) in [7, 11) is 0. The van der Waals surface area contributed by atoms with E-state index in [-0.39, 0.29) is 11.6 Å². The van der Waals surface area contributed by atoms with Gasteiger partial charge in [-0.3, -0.25) is 4.79 Å². The van der Waals surface area contributed by atoms with Gasteiger partial charge in [-0.1, -0.05) is 25.1 Å². The lowest BCUT2D eigenvalue weighted by molar-refractivity contribution is 0.102. The molecule has 132 valence electrons. The van der Waals surface area contributed by atoms with Crippen molar-refractivity contribution in [2.24, 2.45) is 0 Å². The van der Waals surface area contributed by atoms with Gasteiger partial charge in [0.05, 0.1) is 11.9 Å². The lowest BCUT2D eigenvalue weighted by atomic mass is 10.1. The van der Waals surface area contributed by atoms with Crippen LogP contribution < -0.4 is 10.6 Å². The standard InChI is InChI=1S/C20H17F2N3O/c1-2-13-5-3-4-6-18(13)25-20(26)19-10-8-15(12-23-19)24-14-7-9-16(21)17(22)11-14/h3-12,24H,2H2,1H3,(H,25,26). The fourth-order valence-corrected chi connectivity index (χ4v) is 2.48. The monoisotopic (exact) mass is 353 g/mol. The van der Waals surface area contributed by atoms with E-state index < -0.39 is 11.6 Å². The molecular weight excluding hydrogens is 336 g/mol. The van der Waals surface area contributed by atoms with Crippen molar-refractivity contribution in [3.8, 4) is 0 Å². The van der Waals surface area contributed by atoms with E-state index in [9.17, 15) is 13.6 Å². The van der Waals surface area contributed by atoms with Crippen molar-refractivity contribution >= 4 is 23.0 Å². The van der Waals surface area contributed by atoms with Gasteiger partial charge in [0, 0.05) is 17.4 Å². The van der Waals surface area contributed by atoms with Crippen LogP contribution in [0.4, 0.5) is 25.8 Å². The molecule has 1 amide bonds. The van der Waals surface area contributed by atoms with E-state index in [1.807, 2.05) is 31.2 Å². The van der Waals surface area contributed by atoms with Gasteiger partial charge < -0.3 is 10.6 Å². The van der Waals surface area contributed by atoms with Crippen LogP contribution in [-0.2, 0) is 6.42 Å². The predicted octanol–water partition coefficient (Wildman–Crippen LogP) is 4.92.